The van der Waals surface area contributed by atoms with E-state index in [4.69, 9.17) is 0 Å². The van der Waals surface area contributed by atoms with E-state index in [2.05, 4.69) is 48.4 Å². The molecule has 0 saturated carbocycles. The highest BCUT2D eigenvalue weighted by atomic mass is 32.1. The largest absolute Gasteiger partial charge is 0.319 e. The predicted octanol–water partition coefficient (Wildman–Crippen LogP) is 2.85. The topological polar surface area (TPSA) is 42.7 Å². The van der Waals surface area contributed by atoms with Crippen molar-refractivity contribution in [3.8, 4) is 0 Å². The molecular weight excluding hydrogens is 244 g/mol. The first-order valence-electron chi connectivity index (χ1n) is 6.30. The number of nitrogens with zero attached hydrogens (tertiary/aromatic N) is 3. The quantitative estimate of drug-likeness (QED) is 0.903. The number of aromatic nitrogens is 3. The highest BCUT2D eigenvalue weighted by Crippen LogP contribution is 2.25. The SMILES string of the molecule is CCc1ccc(C(C)NC(C)c2nncn2C)s1. The van der Waals surface area contributed by atoms with Crippen molar-refractivity contribution >= 4 is 11.3 Å². The van der Waals surface area contributed by atoms with Gasteiger partial charge >= 0.3 is 0 Å². The lowest BCUT2D eigenvalue weighted by atomic mass is 10.2. The molecule has 0 fully saturated rings. The summed E-state index contributed by atoms with van der Waals surface area (Å²) < 4.78 is 1.95. The smallest absolute Gasteiger partial charge is 0.149 e. The molecule has 0 radical (unpaired) electrons. The van der Waals surface area contributed by atoms with Gasteiger partial charge in [-0.3, -0.25) is 0 Å². The van der Waals surface area contributed by atoms with Gasteiger partial charge in [0.1, 0.15) is 12.2 Å². The number of hydrogen-bond acceptors (Lipinski definition) is 4. The third-order valence-electron chi connectivity index (χ3n) is 3.09. The maximum atomic E-state index is 4.14. The highest BCUT2D eigenvalue weighted by Gasteiger charge is 2.16. The summed E-state index contributed by atoms with van der Waals surface area (Å²) in [6, 6.07) is 4.96. The molecule has 4 nitrogen and oxygen atoms in total. The van der Waals surface area contributed by atoms with Crippen LogP contribution < -0.4 is 5.32 Å². The van der Waals surface area contributed by atoms with Gasteiger partial charge in [0.25, 0.3) is 0 Å². The van der Waals surface area contributed by atoms with Crippen molar-refractivity contribution in [1.29, 1.82) is 0 Å². The Morgan fingerprint density at radius 2 is 2.11 bits per heavy atom. The molecule has 0 aromatic carbocycles. The van der Waals surface area contributed by atoms with Crippen LogP contribution in [0.25, 0.3) is 0 Å². The first-order valence-corrected chi connectivity index (χ1v) is 7.12. The third kappa shape index (κ3) is 2.79. The minimum absolute atomic E-state index is 0.194. The van der Waals surface area contributed by atoms with Crippen LogP contribution in [0.5, 0.6) is 0 Å². The molecule has 18 heavy (non-hydrogen) atoms. The number of nitrogens with one attached hydrogen (secondary N) is 1. The van der Waals surface area contributed by atoms with E-state index in [9.17, 15) is 0 Å². The Kier molecular flexibility index (Phi) is 4.14. The Labute approximate surface area is 112 Å². The number of hydrogen-bond donors (Lipinski definition) is 1. The average molecular weight is 264 g/mol. The molecule has 2 heterocycles. The molecule has 0 aliphatic heterocycles. The van der Waals surface area contributed by atoms with E-state index >= 15 is 0 Å². The molecule has 1 N–H and O–H groups in total. The standard InChI is InChI=1S/C13H20N4S/c1-5-11-6-7-12(18-11)9(2)15-10(3)13-16-14-8-17(13)4/h6-10,15H,5H2,1-4H3. The van der Waals surface area contributed by atoms with Crippen molar-refractivity contribution in [1.82, 2.24) is 20.1 Å². The van der Waals surface area contributed by atoms with Crippen LogP contribution in [0.1, 0.15) is 48.4 Å². The monoisotopic (exact) mass is 264 g/mol. The van der Waals surface area contributed by atoms with E-state index < -0.39 is 0 Å². The Hall–Kier alpha value is -1.20. The van der Waals surface area contributed by atoms with Gasteiger partial charge in [-0.05, 0) is 32.4 Å². The van der Waals surface area contributed by atoms with Gasteiger partial charge in [-0.1, -0.05) is 6.92 Å². The van der Waals surface area contributed by atoms with Crippen molar-refractivity contribution in [2.75, 3.05) is 0 Å². The van der Waals surface area contributed by atoms with Gasteiger partial charge in [0.15, 0.2) is 0 Å². The molecule has 2 aromatic heterocycles. The zero-order valence-electron chi connectivity index (χ0n) is 11.3. The number of rotatable bonds is 5. The fourth-order valence-corrected chi connectivity index (χ4v) is 3.00. The Balaban J connectivity index is 2.03. The Morgan fingerprint density at radius 3 is 2.67 bits per heavy atom. The second-order valence-electron chi connectivity index (χ2n) is 4.57. The van der Waals surface area contributed by atoms with Crippen molar-refractivity contribution < 1.29 is 0 Å². The minimum atomic E-state index is 0.194. The maximum absolute atomic E-state index is 4.14. The summed E-state index contributed by atoms with van der Waals surface area (Å²) in [4.78, 5) is 2.81. The molecule has 0 spiro atoms. The molecule has 5 heteroatoms. The molecule has 0 bridgehead atoms. The van der Waals surface area contributed by atoms with Crippen LogP contribution in [-0.2, 0) is 13.5 Å². The van der Waals surface area contributed by atoms with E-state index in [1.807, 2.05) is 23.0 Å². The third-order valence-corrected chi connectivity index (χ3v) is 4.50. The van der Waals surface area contributed by atoms with Gasteiger partial charge in [0, 0.05) is 22.8 Å². The van der Waals surface area contributed by atoms with E-state index in [0.29, 0.717) is 6.04 Å². The summed E-state index contributed by atoms with van der Waals surface area (Å²) >= 11 is 1.88. The molecule has 0 saturated heterocycles. The summed E-state index contributed by atoms with van der Waals surface area (Å²) in [6.07, 6.45) is 2.84. The molecule has 98 valence electrons. The molecule has 2 atom stereocenters. The molecule has 2 unspecified atom stereocenters. The lowest BCUT2D eigenvalue weighted by Gasteiger charge is -2.18. The molecule has 2 rings (SSSR count). The first-order chi connectivity index (χ1) is 8.61. The van der Waals surface area contributed by atoms with Crippen LogP contribution in [0.3, 0.4) is 0 Å². The second-order valence-corrected chi connectivity index (χ2v) is 5.77. The van der Waals surface area contributed by atoms with E-state index in [1.165, 1.54) is 9.75 Å². The minimum Gasteiger partial charge on any atom is -0.319 e. The number of thiophene rings is 1. The van der Waals surface area contributed by atoms with Crippen LogP contribution in [0, 0.1) is 0 Å². The zero-order chi connectivity index (χ0) is 13.1. The van der Waals surface area contributed by atoms with Gasteiger partial charge in [-0.15, -0.1) is 21.5 Å². The lowest BCUT2D eigenvalue weighted by Crippen LogP contribution is -2.24. The zero-order valence-corrected chi connectivity index (χ0v) is 12.2. The van der Waals surface area contributed by atoms with E-state index in [-0.39, 0.29) is 6.04 Å². The van der Waals surface area contributed by atoms with Gasteiger partial charge in [0.2, 0.25) is 0 Å². The van der Waals surface area contributed by atoms with Crippen LogP contribution in [0.15, 0.2) is 18.5 Å². The van der Waals surface area contributed by atoms with Crippen LogP contribution in [-0.4, -0.2) is 14.8 Å². The fourth-order valence-electron chi connectivity index (χ4n) is 2.03. The summed E-state index contributed by atoms with van der Waals surface area (Å²) in [5.74, 6) is 0.967. The van der Waals surface area contributed by atoms with Gasteiger partial charge < -0.3 is 9.88 Å². The summed E-state index contributed by atoms with van der Waals surface area (Å²) in [7, 11) is 1.97. The van der Waals surface area contributed by atoms with Crippen LogP contribution >= 0.6 is 11.3 Å². The number of aryl methyl sites for hydroxylation is 2. The van der Waals surface area contributed by atoms with Crippen molar-refractivity contribution in [3.05, 3.63) is 34.0 Å². The van der Waals surface area contributed by atoms with Crippen LogP contribution in [0.4, 0.5) is 0 Å². The summed E-state index contributed by atoms with van der Waals surface area (Å²) in [6.45, 7) is 6.50. The van der Waals surface area contributed by atoms with Crippen molar-refractivity contribution in [3.63, 3.8) is 0 Å². The molecule has 0 amide bonds. The Bertz CT molecular complexity index is 503. The van der Waals surface area contributed by atoms with E-state index in [0.717, 1.165) is 12.2 Å². The summed E-state index contributed by atoms with van der Waals surface area (Å²) in [5.41, 5.74) is 0. The summed E-state index contributed by atoms with van der Waals surface area (Å²) in [5, 5.41) is 11.6. The average Bonchev–Trinajstić information content (AvgIpc) is 2.96. The van der Waals surface area contributed by atoms with Crippen molar-refractivity contribution in [2.45, 2.75) is 39.3 Å². The first kappa shape index (κ1) is 13.2. The van der Waals surface area contributed by atoms with Gasteiger partial charge in [-0.25, -0.2) is 0 Å². The van der Waals surface area contributed by atoms with Crippen LogP contribution in [0.2, 0.25) is 0 Å². The highest BCUT2D eigenvalue weighted by molar-refractivity contribution is 7.12. The normalized spacial score (nSPS) is 14.7. The second kappa shape index (κ2) is 5.63. The molecule has 0 aliphatic carbocycles. The Morgan fingerprint density at radius 1 is 1.33 bits per heavy atom. The molecule has 2 aromatic rings. The molecular formula is C13H20N4S. The maximum Gasteiger partial charge on any atom is 0.149 e. The van der Waals surface area contributed by atoms with Gasteiger partial charge in [-0.2, -0.15) is 0 Å². The van der Waals surface area contributed by atoms with E-state index in [1.54, 1.807) is 6.33 Å². The lowest BCUT2D eigenvalue weighted by molar-refractivity contribution is 0.470. The predicted molar refractivity (Wildman–Crippen MR) is 74.7 cm³/mol. The van der Waals surface area contributed by atoms with Gasteiger partial charge in [0.05, 0.1) is 6.04 Å². The molecule has 0 aliphatic rings. The fraction of sp³-hybridized carbons (Fsp3) is 0.538. The van der Waals surface area contributed by atoms with Crippen molar-refractivity contribution in [2.24, 2.45) is 7.05 Å².